The van der Waals surface area contributed by atoms with E-state index in [-0.39, 0.29) is 24.2 Å². The minimum Gasteiger partial charge on any atom is -0.377 e. The zero-order chi connectivity index (χ0) is 23.8. The maximum absolute atomic E-state index is 13.2. The third-order valence-electron chi connectivity index (χ3n) is 6.09. The van der Waals surface area contributed by atoms with Crippen molar-refractivity contribution in [1.82, 2.24) is 0 Å². The molecule has 1 atom stereocenters. The third kappa shape index (κ3) is 6.43. The number of para-hydroxylation sites is 1. The van der Waals surface area contributed by atoms with Crippen molar-refractivity contribution >= 4 is 11.5 Å². The normalized spacial score (nSPS) is 12.1. The number of anilines is 1. The predicted octanol–water partition coefficient (Wildman–Crippen LogP) is 7.62. The fourth-order valence-electron chi connectivity index (χ4n) is 4.24. The molecule has 3 nitrogen and oxygen atoms in total. The van der Waals surface area contributed by atoms with Crippen molar-refractivity contribution in [2.45, 2.75) is 51.6 Å². The summed E-state index contributed by atoms with van der Waals surface area (Å²) in [6.45, 7) is 10.6. The number of allylic oxidation sites excluding steroid dienone is 1. The largest absolute Gasteiger partial charge is 0.377 e. The molecule has 3 aromatic carbocycles. The van der Waals surface area contributed by atoms with E-state index in [0.29, 0.717) is 18.0 Å². The first-order chi connectivity index (χ1) is 15.9. The van der Waals surface area contributed by atoms with Gasteiger partial charge in [0.05, 0.1) is 6.10 Å². The van der Waals surface area contributed by atoms with Gasteiger partial charge in [-0.25, -0.2) is 0 Å². The molecular weight excluding hydrogens is 406 g/mol. The van der Waals surface area contributed by atoms with Crippen LogP contribution in [0.2, 0.25) is 0 Å². The highest BCUT2D eigenvalue weighted by molar-refractivity contribution is 5.83. The molecule has 0 aliphatic carbocycles. The molecule has 0 spiro atoms. The second-order valence-corrected chi connectivity index (χ2v) is 8.87. The van der Waals surface area contributed by atoms with E-state index < -0.39 is 0 Å². The summed E-state index contributed by atoms with van der Waals surface area (Å²) < 4.78 is 5.59. The van der Waals surface area contributed by atoms with Crippen LogP contribution in [0.1, 0.15) is 73.8 Å². The number of benzene rings is 3. The first kappa shape index (κ1) is 24.5. The van der Waals surface area contributed by atoms with Gasteiger partial charge in [0, 0.05) is 42.8 Å². The van der Waals surface area contributed by atoms with Crippen LogP contribution < -0.4 is 5.32 Å². The topological polar surface area (TPSA) is 38.3 Å². The van der Waals surface area contributed by atoms with E-state index in [9.17, 15) is 4.79 Å². The van der Waals surface area contributed by atoms with Crippen LogP contribution in [0, 0.1) is 0 Å². The molecule has 33 heavy (non-hydrogen) atoms. The van der Waals surface area contributed by atoms with Gasteiger partial charge in [-0.15, -0.1) is 0 Å². The lowest BCUT2D eigenvalue weighted by Crippen LogP contribution is -2.13. The Labute approximate surface area is 198 Å². The van der Waals surface area contributed by atoms with Gasteiger partial charge in [0.15, 0.2) is 0 Å². The Kier molecular flexibility index (Phi) is 8.62. The maximum Gasteiger partial charge on any atom is 0.139 e. The number of methoxy groups -OCH3 is 1. The van der Waals surface area contributed by atoms with E-state index in [4.69, 9.17) is 4.74 Å². The van der Waals surface area contributed by atoms with Gasteiger partial charge in [0.25, 0.3) is 0 Å². The molecule has 0 aromatic heterocycles. The van der Waals surface area contributed by atoms with E-state index in [1.165, 1.54) is 5.56 Å². The van der Waals surface area contributed by atoms with Gasteiger partial charge in [-0.2, -0.15) is 0 Å². The van der Waals surface area contributed by atoms with Crippen LogP contribution in [-0.4, -0.2) is 12.9 Å². The number of Topliss-reactive ketones (excluding diaryl/α,β-unsaturated/α-hetero) is 1. The molecule has 0 amide bonds. The third-order valence-corrected chi connectivity index (χ3v) is 6.09. The fraction of sp³-hybridized carbons (Fsp3) is 0.300. The van der Waals surface area contributed by atoms with Crippen LogP contribution in [0.4, 0.5) is 5.69 Å². The van der Waals surface area contributed by atoms with E-state index in [1.807, 2.05) is 43.3 Å². The Morgan fingerprint density at radius 3 is 1.91 bits per heavy atom. The summed E-state index contributed by atoms with van der Waals surface area (Å²) >= 11 is 0. The van der Waals surface area contributed by atoms with Gasteiger partial charge in [-0.1, -0.05) is 99.3 Å². The van der Waals surface area contributed by atoms with Crippen molar-refractivity contribution in [2.24, 2.45) is 0 Å². The molecule has 3 heteroatoms. The molecule has 172 valence electrons. The number of rotatable bonds is 11. The molecule has 0 fully saturated rings. The quantitative estimate of drug-likeness (QED) is 0.332. The smallest absolute Gasteiger partial charge is 0.139 e. The molecule has 0 aliphatic heterocycles. The van der Waals surface area contributed by atoms with Crippen molar-refractivity contribution in [2.75, 3.05) is 12.4 Å². The Morgan fingerprint density at radius 1 is 0.848 bits per heavy atom. The summed E-state index contributed by atoms with van der Waals surface area (Å²) in [5.74, 6) is 0.522. The lowest BCUT2D eigenvalue weighted by Gasteiger charge is -2.23. The molecule has 3 rings (SSSR count). The van der Waals surface area contributed by atoms with Crippen molar-refractivity contribution < 1.29 is 9.53 Å². The maximum atomic E-state index is 13.2. The highest BCUT2D eigenvalue weighted by Crippen LogP contribution is 2.34. The highest BCUT2D eigenvalue weighted by atomic mass is 16.5. The molecular formula is C30H35NO2. The minimum atomic E-state index is -0.0600. The van der Waals surface area contributed by atoms with Gasteiger partial charge >= 0.3 is 0 Å². The van der Waals surface area contributed by atoms with Gasteiger partial charge in [0.1, 0.15) is 5.78 Å². The van der Waals surface area contributed by atoms with Crippen LogP contribution in [0.3, 0.4) is 0 Å². The molecule has 3 aromatic rings. The summed E-state index contributed by atoms with van der Waals surface area (Å²) in [4.78, 5) is 13.2. The summed E-state index contributed by atoms with van der Waals surface area (Å²) in [7, 11) is 1.71. The molecule has 0 saturated carbocycles. The van der Waals surface area contributed by atoms with Crippen LogP contribution in [0.25, 0.3) is 0 Å². The second-order valence-electron chi connectivity index (χ2n) is 8.87. The standard InChI is InChI=1S/C30H35NO2/c1-21(2)27-17-12-18-28(23(4)33-5)30(27)31-22(3)19-26(32)20-29(24-13-8-6-9-14-24)25-15-10-7-11-16-25/h6-18,21,23,29,31H,3,19-20H2,1-2,4-5H3. The number of hydrogen-bond donors (Lipinski definition) is 1. The van der Waals surface area contributed by atoms with Gasteiger partial charge < -0.3 is 10.1 Å². The van der Waals surface area contributed by atoms with E-state index in [2.05, 4.69) is 68.2 Å². The Hall–Kier alpha value is -3.17. The van der Waals surface area contributed by atoms with Crippen molar-refractivity contribution in [1.29, 1.82) is 0 Å². The number of hydrogen-bond acceptors (Lipinski definition) is 3. The molecule has 1 N–H and O–H groups in total. The molecule has 0 saturated heterocycles. The second kappa shape index (κ2) is 11.6. The molecule has 0 aliphatic rings. The molecule has 0 heterocycles. The average molecular weight is 442 g/mol. The van der Waals surface area contributed by atoms with Gasteiger partial charge in [0.2, 0.25) is 0 Å². The van der Waals surface area contributed by atoms with Crippen LogP contribution in [-0.2, 0) is 9.53 Å². The van der Waals surface area contributed by atoms with Gasteiger partial charge in [-0.05, 0) is 29.5 Å². The Morgan fingerprint density at radius 2 is 1.39 bits per heavy atom. The Balaban J connectivity index is 1.77. The molecule has 0 bridgehead atoms. The fourth-order valence-corrected chi connectivity index (χ4v) is 4.24. The molecule has 0 radical (unpaired) electrons. The lowest BCUT2D eigenvalue weighted by atomic mass is 9.86. The van der Waals surface area contributed by atoms with E-state index in [1.54, 1.807) is 7.11 Å². The lowest BCUT2D eigenvalue weighted by molar-refractivity contribution is -0.118. The first-order valence-corrected chi connectivity index (χ1v) is 11.6. The number of carbonyl (C=O) groups is 1. The summed E-state index contributed by atoms with van der Waals surface area (Å²) in [5, 5.41) is 3.46. The zero-order valence-corrected chi connectivity index (χ0v) is 20.2. The number of carbonyl (C=O) groups excluding carboxylic acids is 1. The zero-order valence-electron chi connectivity index (χ0n) is 20.2. The summed E-state index contributed by atoms with van der Waals surface area (Å²) in [6.07, 6.45) is 0.654. The first-order valence-electron chi connectivity index (χ1n) is 11.6. The number of ketones is 1. The SMILES string of the molecule is C=C(CC(=O)CC(c1ccccc1)c1ccccc1)Nc1c(C(C)C)cccc1C(C)OC. The summed E-state index contributed by atoms with van der Waals surface area (Å²) in [6, 6.07) is 26.7. The minimum absolute atomic E-state index is 0.0275. The number of ether oxygens (including phenoxy) is 1. The monoisotopic (exact) mass is 441 g/mol. The van der Waals surface area contributed by atoms with Gasteiger partial charge in [-0.3, -0.25) is 4.79 Å². The van der Waals surface area contributed by atoms with E-state index in [0.717, 1.165) is 22.4 Å². The summed E-state index contributed by atoms with van der Waals surface area (Å²) in [5.41, 5.74) is 6.27. The highest BCUT2D eigenvalue weighted by Gasteiger charge is 2.20. The van der Waals surface area contributed by atoms with Crippen LogP contribution in [0.15, 0.2) is 91.1 Å². The van der Waals surface area contributed by atoms with Crippen molar-refractivity contribution in [3.8, 4) is 0 Å². The predicted molar refractivity (Wildman–Crippen MR) is 138 cm³/mol. The van der Waals surface area contributed by atoms with Crippen molar-refractivity contribution in [3.05, 3.63) is 113 Å². The molecule has 1 unspecified atom stereocenters. The Bertz CT molecular complexity index is 1020. The van der Waals surface area contributed by atoms with Crippen LogP contribution >= 0.6 is 0 Å². The van der Waals surface area contributed by atoms with Crippen molar-refractivity contribution in [3.63, 3.8) is 0 Å². The average Bonchev–Trinajstić information content (AvgIpc) is 2.83. The van der Waals surface area contributed by atoms with Crippen LogP contribution in [0.5, 0.6) is 0 Å². The van der Waals surface area contributed by atoms with E-state index >= 15 is 0 Å². The number of nitrogens with one attached hydrogen (secondary N) is 1.